The average Bonchev–Trinajstić information content (AvgIpc) is 2.54. The molecule has 0 saturated heterocycles. The van der Waals surface area contributed by atoms with Gasteiger partial charge in [-0.05, 0) is 40.0 Å². The average molecular weight is 364 g/mol. The molecule has 0 unspecified atom stereocenters. The lowest BCUT2D eigenvalue weighted by Gasteiger charge is -2.08. The predicted molar refractivity (Wildman–Crippen MR) is 89.7 cm³/mol. The Labute approximate surface area is 138 Å². The number of amides is 1. The van der Waals surface area contributed by atoms with Crippen molar-refractivity contribution in [3.05, 3.63) is 58.8 Å². The highest BCUT2D eigenvalue weighted by molar-refractivity contribution is 9.10. The molecule has 0 atom stereocenters. The second-order valence-corrected chi connectivity index (χ2v) is 5.45. The maximum absolute atomic E-state index is 11.5. The van der Waals surface area contributed by atoms with E-state index < -0.39 is 6.09 Å². The van der Waals surface area contributed by atoms with Gasteiger partial charge in [0.05, 0.1) is 0 Å². The Morgan fingerprint density at radius 1 is 1.18 bits per heavy atom. The summed E-state index contributed by atoms with van der Waals surface area (Å²) in [7, 11) is 0. The van der Waals surface area contributed by atoms with Crippen LogP contribution in [0.5, 0.6) is 0 Å². The highest BCUT2D eigenvalue weighted by Gasteiger charge is 2.01. The number of aromatic nitrogens is 1. The summed E-state index contributed by atoms with van der Waals surface area (Å²) in [5.41, 5.74) is 1.97. The Balaban J connectivity index is 1.55. The van der Waals surface area contributed by atoms with E-state index in [9.17, 15) is 4.79 Å². The molecule has 22 heavy (non-hydrogen) atoms. The smallest absolute Gasteiger partial charge is 0.407 e. The van der Waals surface area contributed by atoms with Crippen molar-refractivity contribution in [1.82, 2.24) is 10.3 Å². The molecule has 116 valence electrons. The largest absolute Gasteiger partial charge is 0.445 e. The summed E-state index contributed by atoms with van der Waals surface area (Å²) >= 11 is 3.32. The molecule has 0 bridgehead atoms. The quantitative estimate of drug-likeness (QED) is 0.582. The molecule has 6 heteroatoms. The molecule has 1 aromatic carbocycles. The fourth-order valence-electron chi connectivity index (χ4n) is 1.80. The van der Waals surface area contributed by atoms with Crippen molar-refractivity contribution in [1.29, 1.82) is 0 Å². The number of hydrogen-bond donors (Lipinski definition) is 2. The van der Waals surface area contributed by atoms with E-state index in [2.05, 4.69) is 31.5 Å². The summed E-state index contributed by atoms with van der Waals surface area (Å²) in [6, 6.07) is 13.4. The lowest BCUT2D eigenvalue weighted by Crippen LogP contribution is -2.26. The lowest BCUT2D eigenvalue weighted by atomic mass is 10.2. The Kier molecular flexibility index (Phi) is 6.70. The lowest BCUT2D eigenvalue weighted by molar-refractivity contribution is 0.139. The number of ether oxygens (including phenoxy) is 1. The first-order valence-electron chi connectivity index (χ1n) is 7.04. The van der Waals surface area contributed by atoms with Crippen LogP contribution in [-0.4, -0.2) is 24.2 Å². The summed E-state index contributed by atoms with van der Waals surface area (Å²) in [4.78, 5) is 15.6. The third kappa shape index (κ3) is 6.13. The molecular formula is C16H18BrN3O2. The van der Waals surface area contributed by atoms with E-state index in [0.29, 0.717) is 6.54 Å². The standard InChI is InChI=1S/C16H18BrN3O2/c17-15-11-14(7-10-19-15)18-8-4-9-20-16(21)22-12-13-5-2-1-3-6-13/h1-3,5-7,10-11H,4,8-9,12H2,(H,18,19)(H,20,21). The molecule has 0 radical (unpaired) electrons. The summed E-state index contributed by atoms with van der Waals surface area (Å²) in [5, 5.41) is 5.98. The van der Waals surface area contributed by atoms with Crippen molar-refractivity contribution in [2.24, 2.45) is 0 Å². The summed E-state index contributed by atoms with van der Waals surface area (Å²) < 4.78 is 5.92. The van der Waals surface area contributed by atoms with E-state index in [1.165, 1.54) is 0 Å². The molecule has 2 N–H and O–H groups in total. The summed E-state index contributed by atoms with van der Waals surface area (Å²) in [5.74, 6) is 0. The first kappa shape index (κ1) is 16.3. The zero-order chi connectivity index (χ0) is 15.6. The maximum Gasteiger partial charge on any atom is 0.407 e. The van der Waals surface area contributed by atoms with Crippen molar-refractivity contribution < 1.29 is 9.53 Å². The number of alkyl carbamates (subject to hydrolysis) is 1. The first-order valence-corrected chi connectivity index (χ1v) is 7.83. The van der Waals surface area contributed by atoms with Crippen LogP contribution in [0.15, 0.2) is 53.3 Å². The molecule has 0 aliphatic rings. The number of carbonyl (C=O) groups excluding carboxylic acids is 1. The van der Waals surface area contributed by atoms with Gasteiger partial charge in [0.15, 0.2) is 0 Å². The van der Waals surface area contributed by atoms with Crippen LogP contribution in [0.2, 0.25) is 0 Å². The second kappa shape index (κ2) is 9.04. The van der Waals surface area contributed by atoms with Crippen LogP contribution in [0.3, 0.4) is 0 Å². The molecule has 0 aliphatic heterocycles. The Hall–Kier alpha value is -2.08. The minimum Gasteiger partial charge on any atom is -0.445 e. The van der Waals surface area contributed by atoms with Crippen LogP contribution in [0.4, 0.5) is 10.5 Å². The molecule has 2 rings (SSSR count). The number of halogens is 1. The van der Waals surface area contributed by atoms with Gasteiger partial charge in [0, 0.05) is 25.0 Å². The second-order valence-electron chi connectivity index (χ2n) is 4.64. The van der Waals surface area contributed by atoms with Crippen LogP contribution >= 0.6 is 15.9 Å². The molecule has 0 saturated carbocycles. The van der Waals surface area contributed by atoms with Crippen LogP contribution in [0.25, 0.3) is 0 Å². The van der Waals surface area contributed by atoms with Crippen molar-refractivity contribution in [3.63, 3.8) is 0 Å². The van der Waals surface area contributed by atoms with Crippen LogP contribution in [0, 0.1) is 0 Å². The van der Waals surface area contributed by atoms with Crippen molar-refractivity contribution in [3.8, 4) is 0 Å². The molecule has 5 nitrogen and oxygen atoms in total. The van der Waals surface area contributed by atoms with Crippen LogP contribution < -0.4 is 10.6 Å². The first-order chi connectivity index (χ1) is 10.7. The molecule has 0 fully saturated rings. The number of nitrogens with zero attached hydrogens (tertiary/aromatic N) is 1. The highest BCUT2D eigenvalue weighted by atomic mass is 79.9. The number of carbonyl (C=O) groups is 1. The van der Waals surface area contributed by atoms with Crippen LogP contribution in [0.1, 0.15) is 12.0 Å². The Morgan fingerprint density at radius 2 is 2.00 bits per heavy atom. The molecular weight excluding hydrogens is 346 g/mol. The van der Waals surface area contributed by atoms with E-state index in [1.54, 1.807) is 6.20 Å². The van der Waals surface area contributed by atoms with Gasteiger partial charge in [-0.3, -0.25) is 0 Å². The minimum absolute atomic E-state index is 0.288. The monoisotopic (exact) mass is 363 g/mol. The summed E-state index contributed by atoms with van der Waals surface area (Å²) in [6.07, 6.45) is 2.14. The van der Waals surface area contributed by atoms with E-state index in [-0.39, 0.29) is 6.61 Å². The normalized spacial score (nSPS) is 10.0. The topological polar surface area (TPSA) is 63.2 Å². The van der Waals surface area contributed by atoms with Gasteiger partial charge >= 0.3 is 6.09 Å². The van der Waals surface area contributed by atoms with Gasteiger partial charge < -0.3 is 15.4 Å². The zero-order valence-electron chi connectivity index (χ0n) is 12.1. The van der Waals surface area contributed by atoms with Gasteiger partial charge in [0.2, 0.25) is 0 Å². The van der Waals surface area contributed by atoms with Gasteiger partial charge in [0.1, 0.15) is 11.2 Å². The van der Waals surface area contributed by atoms with Crippen LogP contribution in [-0.2, 0) is 11.3 Å². The molecule has 1 amide bonds. The molecule has 0 spiro atoms. The van der Waals surface area contributed by atoms with Gasteiger partial charge in [-0.25, -0.2) is 9.78 Å². The predicted octanol–water partition coefficient (Wildman–Crippen LogP) is 3.57. The summed E-state index contributed by atoms with van der Waals surface area (Å²) in [6.45, 7) is 1.61. The fraction of sp³-hybridized carbons (Fsp3) is 0.250. The van der Waals surface area contributed by atoms with E-state index in [1.807, 2.05) is 42.5 Å². The number of benzene rings is 1. The van der Waals surface area contributed by atoms with Gasteiger partial charge in [-0.2, -0.15) is 0 Å². The Bertz CT molecular complexity index is 593. The zero-order valence-corrected chi connectivity index (χ0v) is 13.7. The van der Waals surface area contributed by atoms with Gasteiger partial charge in [-0.15, -0.1) is 0 Å². The SMILES string of the molecule is O=C(NCCCNc1ccnc(Br)c1)OCc1ccccc1. The number of rotatable bonds is 7. The van der Waals surface area contributed by atoms with E-state index in [0.717, 1.165) is 28.8 Å². The molecule has 2 aromatic rings. The molecule has 1 heterocycles. The van der Waals surface area contributed by atoms with E-state index >= 15 is 0 Å². The van der Waals surface area contributed by atoms with Gasteiger partial charge in [0.25, 0.3) is 0 Å². The van der Waals surface area contributed by atoms with Crippen molar-refractivity contribution >= 4 is 27.7 Å². The molecule has 1 aromatic heterocycles. The van der Waals surface area contributed by atoms with Gasteiger partial charge in [-0.1, -0.05) is 30.3 Å². The number of nitrogens with one attached hydrogen (secondary N) is 2. The fourth-order valence-corrected chi connectivity index (χ4v) is 2.16. The van der Waals surface area contributed by atoms with Crippen molar-refractivity contribution in [2.45, 2.75) is 13.0 Å². The molecule has 0 aliphatic carbocycles. The van der Waals surface area contributed by atoms with E-state index in [4.69, 9.17) is 4.74 Å². The highest BCUT2D eigenvalue weighted by Crippen LogP contribution is 2.12. The number of pyridine rings is 1. The minimum atomic E-state index is -0.393. The third-order valence-electron chi connectivity index (χ3n) is 2.89. The number of anilines is 1. The maximum atomic E-state index is 11.5. The number of hydrogen-bond acceptors (Lipinski definition) is 4. The Morgan fingerprint density at radius 3 is 2.77 bits per heavy atom. The van der Waals surface area contributed by atoms with Crippen molar-refractivity contribution in [2.75, 3.05) is 18.4 Å². The third-order valence-corrected chi connectivity index (χ3v) is 3.33.